The number of aryl methyl sites for hydroxylation is 2. The number of carbonyl (C=O) groups is 1. The number of hydrogen-bond donors (Lipinski definition) is 2. The highest BCUT2D eigenvalue weighted by atomic mass is 35.5. The van der Waals surface area contributed by atoms with E-state index in [0.29, 0.717) is 18.8 Å². The quantitative estimate of drug-likeness (QED) is 0.591. The number of amides is 2. The Hall–Kier alpha value is -2.60. The number of imidazole rings is 1. The van der Waals surface area contributed by atoms with Gasteiger partial charge in [-0.15, -0.1) is 0 Å². The van der Waals surface area contributed by atoms with E-state index in [0.717, 1.165) is 52.5 Å². The second kappa shape index (κ2) is 9.06. The molecular weight excluding hydrogens is 374 g/mol. The van der Waals surface area contributed by atoms with Gasteiger partial charge in [0.2, 0.25) is 0 Å². The van der Waals surface area contributed by atoms with Gasteiger partial charge < -0.3 is 15.2 Å². The maximum absolute atomic E-state index is 11.9. The molecule has 0 unspecified atom stereocenters. The maximum Gasteiger partial charge on any atom is 0.319 e. The van der Waals surface area contributed by atoms with E-state index < -0.39 is 0 Å². The van der Waals surface area contributed by atoms with Gasteiger partial charge in [0, 0.05) is 18.0 Å². The van der Waals surface area contributed by atoms with Crippen LogP contribution in [0.1, 0.15) is 43.8 Å². The smallest absolute Gasteiger partial charge is 0.319 e. The first-order valence-electron chi connectivity index (χ1n) is 9.67. The van der Waals surface area contributed by atoms with Gasteiger partial charge in [0.1, 0.15) is 11.3 Å². The summed E-state index contributed by atoms with van der Waals surface area (Å²) in [7, 11) is 0. The number of unbranched alkanes of at least 4 members (excludes halogenated alkanes) is 1. The fraction of sp³-hybridized carbons (Fsp3) is 0.381. The predicted octanol–water partition coefficient (Wildman–Crippen LogP) is 4.93. The number of halogens is 1. The number of benzene rings is 1. The zero-order valence-electron chi connectivity index (χ0n) is 16.6. The van der Waals surface area contributed by atoms with E-state index in [9.17, 15) is 4.79 Å². The van der Waals surface area contributed by atoms with Gasteiger partial charge in [-0.05, 0) is 44.0 Å². The van der Waals surface area contributed by atoms with Crippen molar-refractivity contribution < 1.29 is 4.79 Å². The van der Waals surface area contributed by atoms with E-state index in [1.54, 1.807) is 0 Å². The molecule has 0 saturated heterocycles. The Morgan fingerprint density at radius 3 is 2.61 bits per heavy atom. The molecule has 0 radical (unpaired) electrons. The van der Waals surface area contributed by atoms with Crippen molar-refractivity contribution in [3.63, 3.8) is 0 Å². The van der Waals surface area contributed by atoms with Crippen LogP contribution in [0.5, 0.6) is 0 Å². The van der Waals surface area contributed by atoms with Crippen LogP contribution in [0.3, 0.4) is 0 Å². The fourth-order valence-corrected chi connectivity index (χ4v) is 3.23. The summed E-state index contributed by atoms with van der Waals surface area (Å²) in [4.78, 5) is 21.5. The third-order valence-corrected chi connectivity index (χ3v) is 4.84. The van der Waals surface area contributed by atoms with Crippen molar-refractivity contribution in [1.82, 2.24) is 19.9 Å². The van der Waals surface area contributed by atoms with Crippen molar-refractivity contribution in [1.29, 1.82) is 0 Å². The summed E-state index contributed by atoms with van der Waals surface area (Å²) in [5.41, 5.74) is 4.21. The predicted molar refractivity (Wildman–Crippen MR) is 114 cm³/mol. The van der Waals surface area contributed by atoms with Crippen molar-refractivity contribution >= 4 is 34.5 Å². The number of aromatic nitrogens is 3. The monoisotopic (exact) mass is 399 g/mol. The summed E-state index contributed by atoms with van der Waals surface area (Å²) in [6, 6.07) is 9.51. The van der Waals surface area contributed by atoms with E-state index in [1.165, 1.54) is 0 Å². The number of nitrogens with zero attached hydrogens (tertiary/aromatic N) is 3. The number of urea groups is 1. The van der Waals surface area contributed by atoms with Crippen molar-refractivity contribution in [2.24, 2.45) is 0 Å². The van der Waals surface area contributed by atoms with Crippen molar-refractivity contribution in [2.45, 2.75) is 46.6 Å². The average Bonchev–Trinajstić information content (AvgIpc) is 2.99. The van der Waals surface area contributed by atoms with Crippen molar-refractivity contribution in [3.05, 3.63) is 52.4 Å². The van der Waals surface area contributed by atoms with E-state index in [-0.39, 0.29) is 6.03 Å². The van der Waals surface area contributed by atoms with Gasteiger partial charge in [-0.3, -0.25) is 0 Å². The van der Waals surface area contributed by atoms with Crippen LogP contribution >= 0.6 is 11.6 Å². The Bertz CT molecular complexity index is 965. The highest BCUT2D eigenvalue weighted by Crippen LogP contribution is 2.24. The third-order valence-electron chi connectivity index (χ3n) is 4.58. The lowest BCUT2D eigenvalue weighted by atomic mass is 10.2. The van der Waals surface area contributed by atoms with Crippen molar-refractivity contribution in [3.8, 4) is 0 Å². The molecule has 1 aromatic carbocycles. The van der Waals surface area contributed by atoms with Crippen molar-refractivity contribution in [2.75, 3.05) is 11.9 Å². The van der Waals surface area contributed by atoms with Gasteiger partial charge in [-0.1, -0.05) is 37.1 Å². The molecule has 2 aromatic heterocycles. The minimum Gasteiger partial charge on any atom is -0.338 e. The fourth-order valence-electron chi connectivity index (χ4n) is 3.10. The molecule has 0 fully saturated rings. The highest BCUT2D eigenvalue weighted by molar-refractivity contribution is 6.30. The second-order valence-corrected chi connectivity index (χ2v) is 7.23. The molecule has 0 atom stereocenters. The molecule has 0 spiro atoms. The number of fused-ring (bicyclic) bond motifs is 1. The Kier molecular flexibility index (Phi) is 6.52. The first kappa shape index (κ1) is 20.1. The summed E-state index contributed by atoms with van der Waals surface area (Å²) in [5, 5.41) is 6.31. The molecule has 2 N–H and O–H groups in total. The highest BCUT2D eigenvalue weighted by Gasteiger charge is 2.15. The van der Waals surface area contributed by atoms with Gasteiger partial charge in [0.05, 0.1) is 17.9 Å². The van der Waals surface area contributed by atoms with E-state index in [4.69, 9.17) is 21.6 Å². The van der Waals surface area contributed by atoms with Gasteiger partial charge in [0.15, 0.2) is 5.65 Å². The molecule has 7 heteroatoms. The standard InChI is InChI=1S/C21H26ClN5O/c1-4-6-7-19-25-18-12-17(26-21(28)23-5-2)14(3)24-20(18)27(19)13-15-8-10-16(22)11-9-15/h8-12H,4-7,13H2,1-3H3,(H2,23,26,28). The molecule has 3 rings (SSSR count). The zero-order valence-corrected chi connectivity index (χ0v) is 17.3. The molecule has 0 aliphatic rings. The van der Waals surface area contributed by atoms with Gasteiger partial charge in [-0.25, -0.2) is 14.8 Å². The normalized spacial score (nSPS) is 11.0. The Morgan fingerprint density at radius 1 is 1.18 bits per heavy atom. The summed E-state index contributed by atoms with van der Waals surface area (Å²) >= 11 is 6.02. The first-order chi connectivity index (χ1) is 13.5. The van der Waals surface area contributed by atoms with Gasteiger partial charge in [0.25, 0.3) is 0 Å². The van der Waals surface area contributed by atoms with Crippen LogP contribution in [0.2, 0.25) is 5.02 Å². The number of rotatable bonds is 7. The van der Waals surface area contributed by atoms with Crippen LogP contribution in [0.4, 0.5) is 10.5 Å². The third kappa shape index (κ3) is 4.62. The number of nitrogens with one attached hydrogen (secondary N) is 2. The van der Waals surface area contributed by atoms with Crippen LogP contribution in [-0.2, 0) is 13.0 Å². The van der Waals surface area contributed by atoms with Crippen LogP contribution in [-0.4, -0.2) is 27.1 Å². The summed E-state index contributed by atoms with van der Waals surface area (Å²) < 4.78 is 2.16. The van der Waals surface area contributed by atoms with E-state index in [2.05, 4.69) is 22.1 Å². The molecular formula is C21H26ClN5O. The summed E-state index contributed by atoms with van der Waals surface area (Å²) in [5.74, 6) is 1.01. The molecule has 3 aromatic rings. The number of anilines is 1. The summed E-state index contributed by atoms with van der Waals surface area (Å²) in [6.45, 7) is 7.20. The van der Waals surface area contributed by atoms with Gasteiger partial charge >= 0.3 is 6.03 Å². The topological polar surface area (TPSA) is 71.8 Å². The van der Waals surface area contributed by atoms with Crippen LogP contribution < -0.4 is 10.6 Å². The Balaban J connectivity index is 2.00. The number of carbonyl (C=O) groups excluding carboxylic acids is 1. The number of pyridine rings is 1. The SMILES string of the molecule is CCCCc1nc2cc(NC(=O)NCC)c(C)nc2n1Cc1ccc(Cl)cc1. The van der Waals surface area contributed by atoms with Crippen LogP contribution in [0, 0.1) is 6.92 Å². The molecule has 0 aliphatic carbocycles. The van der Waals surface area contributed by atoms with Crippen LogP contribution in [0.25, 0.3) is 11.2 Å². The number of hydrogen-bond acceptors (Lipinski definition) is 3. The Labute approximate surface area is 170 Å². The molecule has 0 bridgehead atoms. The minimum atomic E-state index is -0.237. The minimum absolute atomic E-state index is 0.237. The lowest BCUT2D eigenvalue weighted by molar-refractivity contribution is 0.252. The second-order valence-electron chi connectivity index (χ2n) is 6.79. The maximum atomic E-state index is 11.9. The zero-order chi connectivity index (χ0) is 20.1. The average molecular weight is 400 g/mol. The van der Waals surface area contributed by atoms with Crippen LogP contribution in [0.15, 0.2) is 30.3 Å². The largest absolute Gasteiger partial charge is 0.338 e. The first-order valence-corrected chi connectivity index (χ1v) is 10.1. The lowest BCUT2D eigenvalue weighted by Crippen LogP contribution is -2.28. The van der Waals surface area contributed by atoms with Gasteiger partial charge in [-0.2, -0.15) is 0 Å². The molecule has 0 saturated carbocycles. The lowest BCUT2D eigenvalue weighted by Gasteiger charge is -2.11. The summed E-state index contributed by atoms with van der Waals surface area (Å²) in [6.07, 6.45) is 3.05. The van der Waals surface area contributed by atoms with E-state index >= 15 is 0 Å². The Morgan fingerprint density at radius 2 is 1.93 bits per heavy atom. The molecule has 0 aliphatic heterocycles. The molecule has 2 heterocycles. The molecule has 6 nitrogen and oxygen atoms in total. The molecule has 2 amide bonds. The molecule has 148 valence electrons. The molecule has 28 heavy (non-hydrogen) atoms. The van der Waals surface area contributed by atoms with E-state index in [1.807, 2.05) is 44.2 Å².